The minimum Gasteiger partial charge on any atom is -0.480 e. The summed E-state index contributed by atoms with van der Waals surface area (Å²) in [5.41, 5.74) is 1.12. The molecule has 1 aliphatic rings. The van der Waals surface area contributed by atoms with Crippen molar-refractivity contribution in [3.63, 3.8) is 0 Å². The van der Waals surface area contributed by atoms with Gasteiger partial charge in [0.15, 0.2) is 0 Å². The number of hydrogen-bond donors (Lipinski definition) is 1. The zero-order valence-electron chi connectivity index (χ0n) is 12.5. The normalized spacial score (nSPS) is 20.4. The number of nitrogens with zero attached hydrogens (tertiary/aromatic N) is 2. The van der Waals surface area contributed by atoms with Gasteiger partial charge >= 0.3 is 5.97 Å². The minimum absolute atomic E-state index is 0.0998. The summed E-state index contributed by atoms with van der Waals surface area (Å²) in [5, 5.41) is 8.87. The second-order valence-corrected chi connectivity index (χ2v) is 5.80. The van der Waals surface area contributed by atoms with Crippen LogP contribution >= 0.6 is 0 Å². The van der Waals surface area contributed by atoms with Gasteiger partial charge in [0.05, 0.1) is 6.54 Å². The first kappa shape index (κ1) is 15.9. The first-order valence-corrected chi connectivity index (χ1v) is 7.43. The van der Waals surface area contributed by atoms with Crippen LogP contribution in [0.2, 0.25) is 0 Å². The number of rotatable bonds is 5. The Morgan fingerprint density at radius 3 is 2.71 bits per heavy atom. The Morgan fingerprint density at radius 1 is 1.33 bits per heavy atom. The van der Waals surface area contributed by atoms with E-state index in [-0.39, 0.29) is 12.4 Å². The maximum Gasteiger partial charge on any atom is 0.317 e. The van der Waals surface area contributed by atoms with Gasteiger partial charge in [0.25, 0.3) is 0 Å². The fourth-order valence-electron chi connectivity index (χ4n) is 2.93. The molecule has 1 aliphatic heterocycles. The molecule has 0 amide bonds. The van der Waals surface area contributed by atoms with Gasteiger partial charge in [0, 0.05) is 12.6 Å². The molecule has 5 heteroatoms. The lowest BCUT2D eigenvalue weighted by atomic mass is 10.1. The third kappa shape index (κ3) is 5.10. The predicted molar refractivity (Wildman–Crippen MR) is 79.6 cm³/mol. The number of hydrogen-bond acceptors (Lipinski definition) is 3. The number of likely N-dealkylation sites (N-methyl/N-ethyl adjacent to an activating group) is 1. The highest BCUT2D eigenvalue weighted by Gasteiger charge is 2.21. The molecule has 0 spiro atoms. The predicted octanol–water partition coefficient (Wildman–Crippen LogP) is 2.20. The number of carboxylic acids is 1. The molecule has 1 N–H and O–H groups in total. The molecular weight excluding hydrogens is 271 g/mol. The average molecular weight is 294 g/mol. The molecular formula is C16H23FN2O2. The van der Waals surface area contributed by atoms with Crippen molar-refractivity contribution < 1.29 is 14.3 Å². The number of aliphatic carboxylic acids is 1. The fraction of sp³-hybridized carbons (Fsp3) is 0.562. The first-order chi connectivity index (χ1) is 10.0. The molecule has 0 saturated carbocycles. The summed E-state index contributed by atoms with van der Waals surface area (Å²) >= 11 is 0. The summed E-state index contributed by atoms with van der Waals surface area (Å²) in [6.07, 6.45) is 3.07. The molecule has 0 aromatic heterocycles. The monoisotopic (exact) mass is 294 g/mol. The maximum absolute atomic E-state index is 12.9. The van der Waals surface area contributed by atoms with Crippen LogP contribution in [0.5, 0.6) is 0 Å². The summed E-state index contributed by atoms with van der Waals surface area (Å²) in [4.78, 5) is 15.1. The highest BCUT2D eigenvalue weighted by Crippen LogP contribution is 2.17. The Bertz CT molecular complexity index is 464. The quantitative estimate of drug-likeness (QED) is 0.904. The number of carboxylic acid groups (broad SMARTS) is 1. The molecule has 21 heavy (non-hydrogen) atoms. The van der Waals surface area contributed by atoms with Crippen LogP contribution in [-0.2, 0) is 11.3 Å². The van der Waals surface area contributed by atoms with E-state index in [1.165, 1.54) is 12.1 Å². The van der Waals surface area contributed by atoms with Gasteiger partial charge in [-0.2, -0.15) is 0 Å². The van der Waals surface area contributed by atoms with Crippen molar-refractivity contribution >= 4 is 5.97 Å². The van der Waals surface area contributed by atoms with Crippen LogP contribution in [-0.4, -0.2) is 53.6 Å². The molecule has 1 fully saturated rings. The molecule has 2 rings (SSSR count). The Hall–Kier alpha value is -1.46. The minimum atomic E-state index is -0.773. The van der Waals surface area contributed by atoms with Crippen LogP contribution < -0.4 is 0 Å². The third-order valence-electron chi connectivity index (χ3n) is 4.12. The van der Waals surface area contributed by atoms with Crippen LogP contribution in [0.4, 0.5) is 4.39 Å². The highest BCUT2D eigenvalue weighted by atomic mass is 19.1. The Labute approximate surface area is 125 Å². The van der Waals surface area contributed by atoms with Crippen molar-refractivity contribution in [3.05, 3.63) is 35.6 Å². The summed E-state index contributed by atoms with van der Waals surface area (Å²) in [6.45, 7) is 2.89. The molecule has 0 radical (unpaired) electrons. The molecule has 1 aromatic rings. The van der Waals surface area contributed by atoms with E-state index in [1.54, 1.807) is 0 Å². The zero-order valence-corrected chi connectivity index (χ0v) is 12.5. The second-order valence-electron chi connectivity index (χ2n) is 5.80. The van der Waals surface area contributed by atoms with Gasteiger partial charge < -0.3 is 5.11 Å². The van der Waals surface area contributed by atoms with Gasteiger partial charge in [-0.3, -0.25) is 14.6 Å². The second kappa shape index (κ2) is 7.52. The molecule has 1 saturated heterocycles. The number of likely N-dealkylation sites (tertiary alicyclic amines) is 1. The van der Waals surface area contributed by atoms with Crippen LogP contribution in [0, 0.1) is 5.82 Å². The van der Waals surface area contributed by atoms with Crippen LogP contribution in [0.3, 0.4) is 0 Å². The smallest absolute Gasteiger partial charge is 0.317 e. The number of carbonyl (C=O) groups is 1. The van der Waals surface area contributed by atoms with E-state index in [0.29, 0.717) is 6.04 Å². The van der Waals surface area contributed by atoms with Gasteiger partial charge in [0.2, 0.25) is 0 Å². The Kier molecular flexibility index (Phi) is 5.70. The third-order valence-corrected chi connectivity index (χ3v) is 4.12. The zero-order chi connectivity index (χ0) is 15.2. The van der Waals surface area contributed by atoms with E-state index in [1.807, 2.05) is 24.1 Å². The standard InChI is InChI=1S/C16H23FN2O2/c1-18(12-16(20)21)15-3-2-9-19(10-8-15)11-13-4-6-14(17)7-5-13/h4-7,15H,2-3,8-12H2,1H3,(H,20,21). The first-order valence-electron chi connectivity index (χ1n) is 7.43. The van der Waals surface area contributed by atoms with Gasteiger partial charge in [-0.1, -0.05) is 12.1 Å². The van der Waals surface area contributed by atoms with E-state index in [2.05, 4.69) is 4.90 Å². The van der Waals surface area contributed by atoms with Crippen molar-refractivity contribution in [1.29, 1.82) is 0 Å². The summed E-state index contributed by atoms with van der Waals surface area (Å²) in [7, 11) is 1.88. The molecule has 0 bridgehead atoms. The molecule has 116 valence electrons. The fourth-order valence-corrected chi connectivity index (χ4v) is 2.93. The van der Waals surface area contributed by atoms with Crippen molar-refractivity contribution in [2.75, 3.05) is 26.7 Å². The number of halogens is 1. The Balaban J connectivity index is 1.85. The molecule has 1 heterocycles. The Morgan fingerprint density at radius 2 is 2.05 bits per heavy atom. The summed E-state index contributed by atoms with van der Waals surface area (Å²) in [5.74, 6) is -0.977. The van der Waals surface area contributed by atoms with Crippen molar-refractivity contribution in [3.8, 4) is 0 Å². The topological polar surface area (TPSA) is 43.8 Å². The van der Waals surface area contributed by atoms with Gasteiger partial charge in [-0.15, -0.1) is 0 Å². The lowest BCUT2D eigenvalue weighted by Gasteiger charge is -2.25. The van der Waals surface area contributed by atoms with Gasteiger partial charge in [0.1, 0.15) is 5.82 Å². The van der Waals surface area contributed by atoms with E-state index < -0.39 is 5.97 Å². The summed E-state index contributed by atoms with van der Waals surface area (Å²) in [6, 6.07) is 6.98. The van der Waals surface area contributed by atoms with E-state index >= 15 is 0 Å². The van der Waals surface area contributed by atoms with E-state index in [0.717, 1.165) is 44.5 Å². The van der Waals surface area contributed by atoms with E-state index in [4.69, 9.17) is 5.11 Å². The lowest BCUT2D eigenvalue weighted by Crippen LogP contribution is -2.36. The average Bonchev–Trinajstić information content (AvgIpc) is 2.66. The van der Waals surface area contributed by atoms with Crippen LogP contribution in [0.1, 0.15) is 24.8 Å². The maximum atomic E-state index is 12.9. The lowest BCUT2D eigenvalue weighted by molar-refractivity contribution is -0.138. The highest BCUT2D eigenvalue weighted by molar-refractivity contribution is 5.69. The van der Waals surface area contributed by atoms with Crippen LogP contribution in [0.25, 0.3) is 0 Å². The molecule has 0 aliphatic carbocycles. The molecule has 1 unspecified atom stereocenters. The van der Waals surface area contributed by atoms with Crippen LogP contribution in [0.15, 0.2) is 24.3 Å². The molecule has 1 atom stereocenters. The number of benzene rings is 1. The largest absolute Gasteiger partial charge is 0.480 e. The SMILES string of the molecule is CN(CC(=O)O)C1CCCN(Cc2ccc(F)cc2)CC1. The van der Waals surface area contributed by atoms with Crippen molar-refractivity contribution in [2.45, 2.75) is 31.8 Å². The summed E-state index contributed by atoms with van der Waals surface area (Å²) < 4.78 is 12.9. The van der Waals surface area contributed by atoms with Crippen molar-refractivity contribution in [1.82, 2.24) is 9.80 Å². The van der Waals surface area contributed by atoms with E-state index in [9.17, 15) is 9.18 Å². The van der Waals surface area contributed by atoms with Gasteiger partial charge in [-0.25, -0.2) is 4.39 Å². The molecule has 4 nitrogen and oxygen atoms in total. The van der Waals surface area contributed by atoms with Gasteiger partial charge in [-0.05, 0) is 57.1 Å². The van der Waals surface area contributed by atoms with Crippen molar-refractivity contribution in [2.24, 2.45) is 0 Å². The molecule has 1 aromatic carbocycles.